The SMILES string of the molecule is NC(=NCc1ccccc1Cl)NCCCN1CCOCC1. The topological polar surface area (TPSA) is 62.9 Å². The highest BCUT2D eigenvalue weighted by atomic mass is 35.5. The molecule has 1 aliphatic rings. The van der Waals surface area contributed by atoms with Gasteiger partial charge in [-0.2, -0.15) is 0 Å². The monoisotopic (exact) mass is 310 g/mol. The molecule has 0 radical (unpaired) electrons. The standard InChI is InChI=1S/C15H23ClN4O/c16-14-5-2-1-4-13(14)12-19-15(17)18-6-3-7-20-8-10-21-11-9-20/h1-2,4-5H,3,6-12H2,(H3,17,18,19). The maximum atomic E-state index is 6.07. The summed E-state index contributed by atoms with van der Waals surface area (Å²) in [4.78, 5) is 6.71. The lowest BCUT2D eigenvalue weighted by atomic mass is 10.2. The van der Waals surface area contributed by atoms with Crippen molar-refractivity contribution in [2.24, 2.45) is 10.7 Å². The molecular formula is C15H23ClN4O. The fraction of sp³-hybridized carbons (Fsp3) is 0.533. The fourth-order valence-electron chi connectivity index (χ4n) is 2.20. The first-order valence-corrected chi connectivity index (χ1v) is 7.71. The van der Waals surface area contributed by atoms with Crippen LogP contribution in [0.3, 0.4) is 0 Å². The zero-order valence-corrected chi connectivity index (χ0v) is 13.0. The molecule has 0 aromatic heterocycles. The van der Waals surface area contributed by atoms with Crippen molar-refractivity contribution in [1.29, 1.82) is 0 Å². The number of rotatable bonds is 6. The summed E-state index contributed by atoms with van der Waals surface area (Å²) in [5.74, 6) is 0.469. The second-order valence-electron chi connectivity index (χ2n) is 5.03. The fourth-order valence-corrected chi connectivity index (χ4v) is 2.39. The first kappa shape index (κ1) is 16.1. The van der Waals surface area contributed by atoms with Crippen LogP contribution in [0.2, 0.25) is 5.02 Å². The third-order valence-electron chi connectivity index (χ3n) is 3.44. The van der Waals surface area contributed by atoms with Gasteiger partial charge in [0.2, 0.25) is 0 Å². The van der Waals surface area contributed by atoms with Crippen LogP contribution in [0.15, 0.2) is 29.3 Å². The molecule has 1 heterocycles. The van der Waals surface area contributed by atoms with Crippen molar-refractivity contribution >= 4 is 17.6 Å². The molecule has 0 spiro atoms. The van der Waals surface area contributed by atoms with Crippen molar-refractivity contribution in [2.75, 3.05) is 39.4 Å². The number of morpholine rings is 1. The minimum absolute atomic E-state index is 0.469. The van der Waals surface area contributed by atoms with Crippen LogP contribution in [-0.2, 0) is 11.3 Å². The number of nitrogens with one attached hydrogen (secondary N) is 1. The molecule has 6 heteroatoms. The Kier molecular flexibility index (Phi) is 6.79. The van der Waals surface area contributed by atoms with E-state index in [1.807, 2.05) is 24.3 Å². The van der Waals surface area contributed by atoms with Crippen molar-refractivity contribution < 1.29 is 4.74 Å². The number of halogens is 1. The van der Waals surface area contributed by atoms with Crippen molar-refractivity contribution in [3.8, 4) is 0 Å². The predicted octanol–water partition coefficient (Wildman–Crippen LogP) is 1.47. The molecule has 0 aliphatic carbocycles. The molecular weight excluding hydrogens is 288 g/mol. The Bertz CT molecular complexity index is 461. The molecule has 0 unspecified atom stereocenters. The zero-order chi connectivity index (χ0) is 14.9. The maximum Gasteiger partial charge on any atom is 0.188 e. The van der Waals surface area contributed by atoms with Crippen molar-refractivity contribution in [1.82, 2.24) is 10.2 Å². The normalized spacial score (nSPS) is 16.9. The summed E-state index contributed by atoms with van der Waals surface area (Å²) in [7, 11) is 0. The zero-order valence-electron chi connectivity index (χ0n) is 12.2. The lowest BCUT2D eigenvalue weighted by Gasteiger charge is -2.26. The van der Waals surface area contributed by atoms with E-state index in [-0.39, 0.29) is 0 Å². The van der Waals surface area contributed by atoms with E-state index in [1.54, 1.807) is 0 Å². The van der Waals surface area contributed by atoms with Gasteiger partial charge in [0.05, 0.1) is 19.8 Å². The summed E-state index contributed by atoms with van der Waals surface area (Å²) in [6.45, 7) is 6.13. The van der Waals surface area contributed by atoms with Gasteiger partial charge in [0.15, 0.2) is 5.96 Å². The molecule has 1 saturated heterocycles. The Morgan fingerprint density at radius 1 is 1.33 bits per heavy atom. The van der Waals surface area contributed by atoms with Gasteiger partial charge in [-0.05, 0) is 24.6 Å². The Morgan fingerprint density at radius 2 is 2.10 bits per heavy atom. The summed E-state index contributed by atoms with van der Waals surface area (Å²) < 4.78 is 5.32. The van der Waals surface area contributed by atoms with Crippen molar-refractivity contribution in [2.45, 2.75) is 13.0 Å². The highest BCUT2D eigenvalue weighted by Gasteiger charge is 2.08. The summed E-state index contributed by atoms with van der Waals surface area (Å²) in [6, 6.07) is 7.67. The molecule has 1 aromatic carbocycles. The van der Waals surface area contributed by atoms with Gasteiger partial charge in [-0.1, -0.05) is 29.8 Å². The average Bonchev–Trinajstić information content (AvgIpc) is 2.52. The number of nitrogens with zero attached hydrogens (tertiary/aromatic N) is 2. The highest BCUT2D eigenvalue weighted by Crippen LogP contribution is 2.15. The number of ether oxygens (including phenoxy) is 1. The third-order valence-corrected chi connectivity index (χ3v) is 3.81. The smallest absolute Gasteiger partial charge is 0.188 e. The van der Waals surface area contributed by atoms with Crippen LogP contribution in [0.5, 0.6) is 0 Å². The molecule has 0 saturated carbocycles. The molecule has 0 bridgehead atoms. The number of aliphatic imine (C=N–C) groups is 1. The van der Waals surface area contributed by atoms with Crippen LogP contribution < -0.4 is 11.1 Å². The van der Waals surface area contributed by atoms with Gasteiger partial charge < -0.3 is 15.8 Å². The van der Waals surface area contributed by atoms with Crippen LogP contribution in [0.1, 0.15) is 12.0 Å². The number of hydrogen-bond donors (Lipinski definition) is 2. The lowest BCUT2D eigenvalue weighted by molar-refractivity contribution is 0.0376. The van der Waals surface area contributed by atoms with E-state index in [2.05, 4.69) is 15.2 Å². The Balaban J connectivity index is 1.63. The van der Waals surface area contributed by atoms with Gasteiger partial charge in [-0.15, -0.1) is 0 Å². The Labute approximate surface area is 131 Å². The van der Waals surface area contributed by atoms with Crippen LogP contribution >= 0.6 is 11.6 Å². The number of nitrogens with two attached hydrogens (primary N) is 1. The van der Waals surface area contributed by atoms with E-state index in [4.69, 9.17) is 22.1 Å². The molecule has 1 aromatic rings. The molecule has 1 aliphatic heterocycles. The molecule has 3 N–H and O–H groups in total. The average molecular weight is 311 g/mol. The van der Waals surface area contributed by atoms with Gasteiger partial charge in [-0.25, -0.2) is 4.99 Å². The summed E-state index contributed by atoms with van der Waals surface area (Å²) in [6.07, 6.45) is 1.04. The van der Waals surface area contributed by atoms with Crippen LogP contribution in [-0.4, -0.2) is 50.3 Å². The predicted molar refractivity (Wildman–Crippen MR) is 86.7 cm³/mol. The van der Waals surface area contributed by atoms with E-state index in [1.165, 1.54) is 0 Å². The molecule has 0 amide bonds. The molecule has 116 valence electrons. The first-order valence-electron chi connectivity index (χ1n) is 7.33. The quantitative estimate of drug-likeness (QED) is 0.474. The maximum absolute atomic E-state index is 6.07. The Morgan fingerprint density at radius 3 is 2.86 bits per heavy atom. The minimum Gasteiger partial charge on any atom is -0.379 e. The molecule has 2 rings (SSSR count). The van der Waals surface area contributed by atoms with Gasteiger partial charge in [-0.3, -0.25) is 4.90 Å². The van der Waals surface area contributed by atoms with E-state index in [9.17, 15) is 0 Å². The number of hydrogen-bond acceptors (Lipinski definition) is 3. The van der Waals surface area contributed by atoms with Gasteiger partial charge in [0.25, 0.3) is 0 Å². The number of guanidine groups is 1. The second kappa shape index (κ2) is 8.87. The van der Waals surface area contributed by atoms with E-state index < -0.39 is 0 Å². The van der Waals surface area contributed by atoms with Crippen molar-refractivity contribution in [3.63, 3.8) is 0 Å². The third kappa shape index (κ3) is 5.91. The second-order valence-corrected chi connectivity index (χ2v) is 5.43. The highest BCUT2D eigenvalue weighted by molar-refractivity contribution is 6.31. The Hall–Kier alpha value is -1.30. The lowest BCUT2D eigenvalue weighted by Crippen LogP contribution is -2.39. The van der Waals surface area contributed by atoms with Gasteiger partial charge >= 0.3 is 0 Å². The van der Waals surface area contributed by atoms with E-state index in [0.717, 1.165) is 56.4 Å². The minimum atomic E-state index is 0.469. The molecule has 1 fully saturated rings. The van der Waals surface area contributed by atoms with Gasteiger partial charge in [0.1, 0.15) is 0 Å². The molecule has 0 atom stereocenters. The van der Waals surface area contributed by atoms with E-state index >= 15 is 0 Å². The van der Waals surface area contributed by atoms with Crippen LogP contribution in [0, 0.1) is 0 Å². The molecule has 5 nitrogen and oxygen atoms in total. The van der Waals surface area contributed by atoms with E-state index in [0.29, 0.717) is 12.5 Å². The molecule has 21 heavy (non-hydrogen) atoms. The van der Waals surface area contributed by atoms with Gasteiger partial charge in [0, 0.05) is 24.7 Å². The van der Waals surface area contributed by atoms with Crippen molar-refractivity contribution in [3.05, 3.63) is 34.9 Å². The summed E-state index contributed by atoms with van der Waals surface area (Å²) in [5, 5.41) is 3.86. The summed E-state index contributed by atoms with van der Waals surface area (Å²) in [5.41, 5.74) is 6.84. The number of benzene rings is 1. The van der Waals surface area contributed by atoms with Crippen LogP contribution in [0.4, 0.5) is 0 Å². The first-order chi connectivity index (χ1) is 10.3. The largest absolute Gasteiger partial charge is 0.379 e. The van der Waals surface area contributed by atoms with Crippen LogP contribution in [0.25, 0.3) is 0 Å². The summed E-state index contributed by atoms with van der Waals surface area (Å²) >= 11 is 6.07.